The van der Waals surface area contributed by atoms with Gasteiger partial charge >= 0.3 is 5.97 Å². The molecule has 0 bridgehead atoms. The number of pyridine rings is 1. The van der Waals surface area contributed by atoms with E-state index in [2.05, 4.69) is 10.3 Å². The topological polar surface area (TPSA) is 72.7 Å². The minimum Gasteiger partial charge on any atom is -0.462 e. The van der Waals surface area contributed by atoms with Gasteiger partial charge in [0.05, 0.1) is 6.61 Å². The molecule has 0 spiro atoms. The van der Waals surface area contributed by atoms with E-state index in [0.717, 1.165) is 11.1 Å². The number of amides is 1. The zero-order valence-electron chi connectivity index (χ0n) is 16.3. The summed E-state index contributed by atoms with van der Waals surface area (Å²) in [6.45, 7) is 3.92. The van der Waals surface area contributed by atoms with Crippen LogP contribution in [0.3, 0.4) is 0 Å². The van der Waals surface area contributed by atoms with E-state index in [4.69, 9.17) is 4.74 Å². The summed E-state index contributed by atoms with van der Waals surface area (Å²) >= 11 is 1.23. The number of aryl methyl sites for hydroxylation is 1. The summed E-state index contributed by atoms with van der Waals surface area (Å²) in [5.74, 6) is -1.44. The Balaban J connectivity index is 1.69. The number of thiophene rings is 1. The van der Waals surface area contributed by atoms with E-state index in [-0.39, 0.29) is 12.3 Å². The lowest BCUT2D eigenvalue weighted by atomic mass is 10.0. The fourth-order valence-electron chi connectivity index (χ4n) is 3.04. The molecule has 0 aliphatic heterocycles. The van der Waals surface area contributed by atoms with Crippen molar-refractivity contribution in [1.29, 1.82) is 0 Å². The predicted octanol–water partition coefficient (Wildman–Crippen LogP) is 4.94. The van der Waals surface area contributed by atoms with Gasteiger partial charge in [-0.25, -0.2) is 14.2 Å². The van der Waals surface area contributed by atoms with E-state index in [0.29, 0.717) is 21.8 Å². The van der Waals surface area contributed by atoms with Gasteiger partial charge in [0, 0.05) is 23.3 Å². The van der Waals surface area contributed by atoms with Gasteiger partial charge < -0.3 is 14.5 Å². The van der Waals surface area contributed by atoms with Crippen LogP contribution in [0.15, 0.2) is 54.2 Å². The minimum absolute atomic E-state index is 0.112. The molecule has 1 amide bonds. The summed E-state index contributed by atoms with van der Waals surface area (Å²) in [5, 5.41) is 4.94. The minimum atomic E-state index is -0.512. The SMILES string of the molecule is CCOC(=O)c1c(-c2ccc(C)cc2)csc1NC(=O)c1cn2cc(F)ccc2n1. The maximum Gasteiger partial charge on any atom is 0.341 e. The lowest BCUT2D eigenvalue weighted by Gasteiger charge is -2.08. The molecular formula is C22H18FN3O3S. The average Bonchev–Trinajstić information content (AvgIpc) is 3.32. The van der Waals surface area contributed by atoms with Crippen LogP contribution in [0.25, 0.3) is 16.8 Å². The second-order valence-electron chi connectivity index (χ2n) is 6.63. The first-order valence-electron chi connectivity index (χ1n) is 9.27. The van der Waals surface area contributed by atoms with Crippen molar-refractivity contribution >= 4 is 33.9 Å². The number of nitrogens with zero attached hydrogens (tertiary/aromatic N) is 2. The molecule has 0 fully saturated rings. The lowest BCUT2D eigenvalue weighted by Crippen LogP contribution is -2.15. The molecule has 0 unspecified atom stereocenters. The molecule has 0 atom stereocenters. The molecule has 4 aromatic rings. The smallest absolute Gasteiger partial charge is 0.341 e. The summed E-state index contributed by atoms with van der Waals surface area (Å²) in [4.78, 5) is 29.6. The number of carbonyl (C=O) groups is 2. The summed E-state index contributed by atoms with van der Waals surface area (Å²) in [5.41, 5.74) is 3.49. The Bertz CT molecular complexity index is 1240. The molecule has 0 radical (unpaired) electrons. The van der Waals surface area contributed by atoms with E-state index >= 15 is 0 Å². The average molecular weight is 423 g/mol. The highest BCUT2D eigenvalue weighted by Crippen LogP contribution is 2.36. The van der Waals surface area contributed by atoms with Crippen LogP contribution in [0.4, 0.5) is 9.39 Å². The van der Waals surface area contributed by atoms with Crippen LogP contribution in [0.5, 0.6) is 0 Å². The van der Waals surface area contributed by atoms with E-state index in [9.17, 15) is 14.0 Å². The van der Waals surface area contributed by atoms with Gasteiger partial charge in [-0.05, 0) is 31.5 Å². The van der Waals surface area contributed by atoms with Crippen molar-refractivity contribution < 1.29 is 18.7 Å². The van der Waals surface area contributed by atoms with Crippen LogP contribution >= 0.6 is 11.3 Å². The van der Waals surface area contributed by atoms with E-state index < -0.39 is 17.7 Å². The fraction of sp³-hybridized carbons (Fsp3) is 0.136. The van der Waals surface area contributed by atoms with Gasteiger partial charge in [-0.2, -0.15) is 0 Å². The normalized spacial score (nSPS) is 10.9. The monoisotopic (exact) mass is 423 g/mol. The van der Waals surface area contributed by atoms with Gasteiger partial charge in [0.15, 0.2) is 0 Å². The quantitative estimate of drug-likeness (QED) is 0.462. The number of anilines is 1. The molecule has 4 rings (SSSR count). The van der Waals surface area contributed by atoms with Gasteiger partial charge in [-0.1, -0.05) is 29.8 Å². The molecule has 0 aliphatic carbocycles. The summed E-state index contributed by atoms with van der Waals surface area (Å²) < 4.78 is 20.0. The van der Waals surface area contributed by atoms with Crippen molar-refractivity contribution in [2.45, 2.75) is 13.8 Å². The molecule has 152 valence electrons. The maximum absolute atomic E-state index is 13.4. The highest BCUT2D eigenvalue weighted by molar-refractivity contribution is 7.15. The van der Waals surface area contributed by atoms with Crippen molar-refractivity contribution in [3.05, 3.63) is 76.8 Å². The lowest BCUT2D eigenvalue weighted by molar-refractivity contribution is 0.0529. The number of benzene rings is 1. The number of esters is 1. The second kappa shape index (κ2) is 8.08. The standard InChI is InChI=1S/C22H18FN3O3S/c1-3-29-22(28)19-16(14-6-4-13(2)5-7-14)12-30-21(19)25-20(27)17-11-26-10-15(23)8-9-18(26)24-17/h4-12H,3H2,1-2H3,(H,25,27). The molecule has 1 N–H and O–H groups in total. The fourth-order valence-corrected chi connectivity index (χ4v) is 4.00. The molecule has 6 nitrogen and oxygen atoms in total. The van der Waals surface area contributed by atoms with Gasteiger partial charge in [0.1, 0.15) is 27.7 Å². The number of hydrogen-bond acceptors (Lipinski definition) is 5. The number of fused-ring (bicyclic) bond motifs is 1. The molecular weight excluding hydrogens is 405 g/mol. The Morgan fingerprint density at radius 2 is 1.93 bits per heavy atom. The first-order valence-corrected chi connectivity index (χ1v) is 10.2. The highest BCUT2D eigenvalue weighted by Gasteiger charge is 2.24. The molecule has 3 heterocycles. The number of carbonyl (C=O) groups excluding carboxylic acids is 2. The van der Waals surface area contributed by atoms with Gasteiger partial charge in [0.2, 0.25) is 0 Å². The Morgan fingerprint density at radius 3 is 2.67 bits per heavy atom. The van der Waals surface area contributed by atoms with Crippen molar-refractivity contribution in [3.63, 3.8) is 0 Å². The predicted molar refractivity (Wildman–Crippen MR) is 114 cm³/mol. The number of aromatic nitrogens is 2. The molecule has 3 aromatic heterocycles. The summed E-state index contributed by atoms with van der Waals surface area (Å²) in [7, 11) is 0. The molecule has 0 saturated carbocycles. The van der Waals surface area contributed by atoms with Crippen molar-refractivity contribution in [2.24, 2.45) is 0 Å². The largest absolute Gasteiger partial charge is 0.462 e. The van der Waals surface area contributed by atoms with E-state index in [1.165, 1.54) is 40.3 Å². The Hall–Kier alpha value is -3.52. The van der Waals surface area contributed by atoms with Crippen molar-refractivity contribution in [1.82, 2.24) is 9.38 Å². The second-order valence-corrected chi connectivity index (χ2v) is 7.51. The number of ether oxygens (including phenoxy) is 1. The Kier molecular flexibility index (Phi) is 5.33. The number of halogens is 1. The number of hydrogen-bond donors (Lipinski definition) is 1. The first-order chi connectivity index (χ1) is 14.5. The summed E-state index contributed by atoms with van der Waals surface area (Å²) in [6, 6.07) is 10.5. The van der Waals surface area contributed by atoms with Gasteiger partial charge in [0.25, 0.3) is 5.91 Å². The van der Waals surface area contributed by atoms with Crippen LogP contribution in [0.1, 0.15) is 33.3 Å². The number of rotatable bonds is 5. The zero-order chi connectivity index (χ0) is 21.3. The third-order valence-corrected chi connectivity index (χ3v) is 5.40. The number of imidazole rings is 1. The van der Waals surface area contributed by atoms with Crippen molar-refractivity contribution in [3.8, 4) is 11.1 Å². The third-order valence-electron chi connectivity index (χ3n) is 4.51. The zero-order valence-corrected chi connectivity index (χ0v) is 17.1. The van der Waals surface area contributed by atoms with Crippen molar-refractivity contribution in [2.75, 3.05) is 11.9 Å². The molecule has 8 heteroatoms. The van der Waals surface area contributed by atoms with E-state index in [1.807, 2.05) is 36.6 Å². The van der Waals surface area contributed by atoms with Gasteiger partial charge in [-0.3, -0.25) is 4.79 Å². The highest BCUT2D eigenvalue weighted by atomic mass is 32.1. The summed E-state index contributed by atoms with van der Waals surface area (Å²) in [6.07, 6.45) is 2.68. The molecule has 30 heavy (non-hydrogen) atoms. The Morgan fingerprint density at radius 1 is 1.17 bits per heavy atom. The first kappa shape index (κ1) is 19.8. The van der Waals surface area contributed by atoms with Crippen LogP contribution in [0, 0.1) is 12.7 Å². The van der Waals surface area contributed by atoms with Crippen LogP contribution in [-0.2, 0) is 4.74 Å². The molecule has 0 saturated heterocycles. The van der Waals surface area contributed by atoms with Gasteiger partial charge in [-0.15, -0.1) is 11.3 Å². The van der Waals surface area contributed by atoms with E-state index in [1.54, 1.807) is 6.92 Å². The van der Waals surface area contributed by atoms with Crippen LogP contribution < -0.4 is 5.32 Å². The van der Waals surface area contributed by atoms with Crippen LogP contribution in [0.2, 0.25) is 0 Å². The third kappa shape index (κ3) is 3.81. The maximum atomic E-state index is 13.4. The van der Waals surface area contributed by atoms with Crippen LogP contribution in [-0.4, -0.2) is 27.9 Å². The molecule has 1 aromatic carbocycles. The number of nitrogens with one attached hydrogen (secondary N) is 1. The molecule has 0 aliphatic rings. The Labute approximate surface area is 176 Å².